The highest BCUT2D eigenvalue weighted by Gasteiger charge is 2.41. The maximum atomic E-state index is 15.5. The van der Waals surface area contributed by atoms with Crippen LogP contribution in [-0.4, -0.2) is 53.4 Å². The molecule has 0 aliphatic heterocycles. The molecular weight excluding hydrogens is 600 g/mol. The third kappa shape index (κ3) is 8.45. The van der Waals surface area contributed by atoms with Crippen LogP contribution in [0.5, 0.6) is 0 Å². The van der Waals surface area contributed by atoms with Crippen molar-refractivity contribution in [2.24, 2.45) is 17.8 Å². The topological polar surface area (TPSA) is 91.4 Å². The summed E-state index contributed by atoms with van der Waals surface area (Å²) in [5.74, 6) is -3.47. The number of nitrogens with one attached hydrogen (secondary N) is 2. The Labute approximate surface area is 268 Å². The van der Waals surface area contributed by atoms with Crippen molar-refractivity contribution in [3.05, 3.63) is 59.2 Å². The van der Waals surface area contributed by atoms with E-state index < -0.39 is 48.2 Å². The first kappa shape index (κ1) is 35.4. The van der Waals surface area contributed by atoms with Gasteiger partial charge in [0.05, 0.1) is 22.9 Å². The smallest absolute Gasteiger partial charge is 0.287 e. The van der Waals surface area contributed by atoms with Gasteiger partial charge in [0, 0.05) is 13.2 Å². The van der Waals surface area contributed by atoms with Crippen LogP contribution in [0, 0.1) is 23.6 Å². The maximum Gasteiger partial charge on any atom is 0.287 e. The van der Waals surface area contributed by atoms with E-state index in [1.807, 2.05) is 6.92 Å². The van der Waals surface area contributed by atoms with Gasteiger partial charge in [0.15, 0.2) is 0 Å². The van der Waals surface area contributed by atoms with Crippen LogP contribution in [0.25, 0.3) is 0 Å². The van der Waals surface area contributed by atoms with E-state index in [0.717, 1.165) is 77.3 Å². The molecule has 1 heterocycles. The predicted octanol–water partition coefficient (Wildman–Crippen LogP) is 7.42. The molecule has 3 unspecified atom stereocenters. The first-order valence-electron chi connectivity index (χ1n) is 16.6. The Morgan fingerprint density at radius 1 is 0.957 bits per heavy atom. The van der Waals surface area contributed by atoms with Gasteiger partial charge in [-0.05, 0) is 60.9 Å². The molecule has 46 heavy (non-hydrogen) atoms. The van der Waals surface area contributed by atoms with E-state index in [2.05, 4.69) is 15.6 Å². The summed E-state index contributed by atoms with van der Waals surface area (Å²) in [7, 11) is 0.930. The summed E-state index contributed by atoms with van der Waals surface area (Å²) in [4.78, 5) is 45.2. The van der Waals surface area contributed by atoms with Crippen molar-refractivity contribution in [1.29, 1.82) is 0 Å². The molecule has 0 spiro atoms. The normalized spacial score (nSPS) is 18.2. The van der Waals surface area contributed by atoms with Crippen molar-refractivity contribution < 1.29 is 31.9 Å². The zero-order chi connectivity index (χ0) is 33.4. The summed E-state index contributed by atoms with van der Waals surface area (Å²) in [6.45, 7) is 3.28. The number of pyridine rings is 1. The number of anilines is 1. The highest BCUT2D eigenvalue weighted by Crippen LogP contribution is 2.42. The number of aryl methyl sites for hydroxylation is 1. The molecule has 2 aliphatic carbocycles. The standard InChI is InChI=1S/C35H46F4N4O3/c1-4-27-25(16-11-19-40-27)33(44)42-30(29(22-12-7-5-8-13-22)23-14-9-6-10-15-23)34(45)41-28-18-17-24(20-26(28)36)21(2)35(46)43(3)32(39)31(37)38/h11,16-23,29-32H,4-10,12-15H2,1-3H3,(H,41,45)(H,42,44). The van der Waals surface area contributed by atoms with Crippen LogP contribution in [0.3, 0.4) is 0 Å². The molecule has 252 valence electrons. The summed E-state index contributed by atoms with van der Waals surface area (Å²) in [5.41, 5.74) is 1.02. The van der Waals surface area contributed by atoms with Gasteiger partial charge in [-0.15, -0.1) is 0 Å². The number of alkyl halides is 3. The Balaban J connectivity index is 1.63. The molecule has 7 nitrogen and oxygen atoms in total. The zero-order valence-corrected chi connectivity index (χ0v) is 26.9. The van der Waals surface area contributed by atoms with Gasteiger partial charge in [-0.25, -0.2) is 17.6 Å². The number of nitrogens with zero attached hydrogens (tertiary/aromatic N) is 2. The number of benzene rings is 1. The minimum atomic E-state index is -3.37. The Hall–Kier alpha value is -3.50. The molecule has 2 saturated carbocycles. The lowest BCUT2D eigenvalue weighted by atomic mass is 9.66. The molecule has 0 bridgehead atoms. The number of halogens is 4. The van der Waals surface area contributed by atoms with Crippen LogP contribution >= 0.6 is 0 Å². The van der Waals surface area contributed by atoms with Gasteiger partial charge in [-0.1, -0.05) is 77.2 Å². The van der Waals surface area contributed by atoms with E-state index >= 15 is 4.39 Å². The second-order valence-electron chi connectivity index (χ2n) is 12.8. The fraction of sp³-hybridized carbons (Fsp3) is 0.600. The van der Waals surface area contributed by atoms with Gasteiger partial charge >= 0.3 is 0 Å². The van der Waals surface area contributed by atoms with Gasteiger partial charge in [-0.2, -0.15) is 0 Å². The van der Waals surface area contributed by atoms with E-state index in [9.17, 15) is 27.6 Å². The van der Waals surface area contributed by atoms with E-state index in [-0.39, 0.29) is 29.0 Å². The lowest BCUT2D eigenvalue weighted by Gasteiger charge is -2.42. The monoisotopic (exact) mass is 646 g/mol. The third-order valence-corrected chi connectivity index (χ3v) is 9.86. The Morgan fingerprint density at radius 3 is 2.11 bits per heavy atom. The lowest BCUT2D eigenvalue weighted by Crippen LogP contribution is -2.53. The highest BCUT2D eigenvalue weighted by atomic mass is 19.3. The molecule has 1 aromatic carbocycles. The Morgan fingerprint density at radius 2 is 1.57 bits per heavy atom. The number of hydrogen-bond acceptors (Lipinski definition) is 4. The molecule has 11 heteroatoms. The summed E-state index contributed by atoms with van der Waals surface area (Å²) in [6, 6.07) is 6.20. The van der Waals surface area contributed by atoms with Crippen molar-refractivity contribution in [1.82, 2.24) is 15.2 Å². The van der Waals surface area contributed by atoms with Crippen molar-refractivity contribution in [2.45, 2.75) is 109 Å². The van der Waals surface area contributed by atoms with Gasteiger partial charge in [0.1, 0.15) is 11.9 Å². The maximum absolute atomic E-state index is 15.5. The zero-order valence-electron chi connectivity index (χ0n) is 26.9. The fourth-order valence-electron chi connectivity index (χ4n) is 7.30. The minimum absolute atomic E-state index is 0.134. The second-order valence-corrected chi connectivity index (χ2v) is 12.8. The van der Waals surface area contributed by atoms with Gasteiger partial charge in [0.2, 0.25) is 18.1 Å². The quantitative estimate of drug-likeness (QED) is 0.186. The summed E-state index contributed by atoms with van der Waals surface area (Å²) < 4.78 is 54.9. The summed E-state index contributed by atoms with van der Waals surface area (Å²) in [5, 5.41) is 5.77. The van der Waals surface area contributed by atoms with Gasteiger partial charge in [0.25, 0.3) is 12.3 Å². The molecule has 3 atom stereocenters. The van der Waals surface area contributed by atoms with Crippen molar-refractivity contribution in [3.8, 4) is 0 Å². The number of likely N-dealkylation sites (N-methyl/N-ethyl adjacent to an activating group) is 1. The second kappa shape index (κ2) is 16.4. The molecule has 3 amide bonds. The number of aromatic nitrogens is 1. The lowest BCUT2D eigenvalue weighted by molar-refractivity contribution is -0.143. The Kier molecular flexibility index (Phi) is 12.6. The number of hydrogen-bond donors (Lipinski definition) is 2. The molecule has 4 rings (SSSR count). The molecular formula is C35H46F4N4O3. The number of carbonyl (C=O) groups is 3. The SMILES string of the molecule is CCc1ncccc1C(=O)NC(C(=O)Nc1ccc(C(C)C(=O)N(C)C(F)C(F)F)cc1F)C(C1CCCCC1)C1CCCCC1. The van der Waals surface area contributed by atoms with Crippen LogP contribution in [0.15, 0.2) is 36.5 Å². The van der Waals surface area contributed by atoms with Crippen molar-refractivity contribution in [2.75, 3.05) is 12.4 Å². The van der Waals surface area contributed by atoms with Crippen LogP contribution < -0.4 is 10.6 Å². The Bertz CT molecular complexity index is 1330. The molecule has 1 aromatic heterocycles. The van der Waals surface area contributed by atoms with Gasteiger partial charge in [-0.3, -0.25) is 19.4 Å². The molecule has 2 N–H and O–H groups in total. The predicted molar refractivity (Wildman–Crippen MR) is 169 cm³/mol. The highest BCUT2D eigenvalue weighted by molar-refractivity contribution is 6.02. The first-order valence-corrected chi connectivity index (χ1v) is 16.6. The van der Waals surface area contributed by atoms with Gasteiger partial charge < -0.3 is 15.5 Å². The summed E-state index contributed by atoms with van der Waals surface area (Å²) in [6.07, 6.45) is 6.35. The fourth-order valence-corrected chi connectivity index (χ4v) is 7.30. The average Bonchev–Trinajstić information content (AvgIpc) is 3.08. The third-order valence-electron chi connectivity index (χ3n) is 9.86. The molecule has 0 radical (unpaired) electrons. The molecule has 2 aliphatic rings. The van der Waals surface area contributed by atoms with Crippen molar-refractivity contribution in [3.63, 3.8) is 0 Å². The largest absolute Gasteiger partial charge is 0.340 e. The number of carbonyl (C=O) groups excluding carboxylic acids is 3. The van der Waals surface area contributed by atoms with E-state index in [4.69, 9.17) is 0 Å². The summed E-state index contributed by atoms with van der Waals surface area (Å²) >= 11 is 0. The first-order chi connectivity index (χ1) is 22.0. The molecule has 0 saturated heterocycles. The van der Waals surface area contributed by atoms with E-state index in [1.54, 1.807) is 18.3 Å². The van der Waals surface area contributed by atoms with Crippen LogP contribution in [0.4, 0.5) is 23.2 Å². The van der Waals surface area contributed by atoms with Crippen LogP contribution in [0.2, 0.25) is 0 Å². The van der Waals surface area contributed by atoms with Crippen molar-refractivity contribution >= 4 is 23.4 Å². The minimum Gasteiger partial charge on any atom is -0.340 e. The number of rotatable bonds is 12. The van der Waals surface area contributed by atoms with Crippen LogP contribution in [-0.2, 0) is 16.0 Å². The van der Waals surface area contributed by atoms with E-state index in [0.29, 0.717) is 22.6 Å². The average molecular weight is 647 g/mol. The van der Waals surface area contributed by atoms with Crippen LogP contribution in [0.1, 0.15) is 106 Å². The van der Waals surface area contributed by atoms with E-state index in [1.165, 1.54) is 19.1 Å². The number of amides is 3. The molecule has 2 fully saturated rings. The molecule has 2 aromatic rings.